The number of para-hydroxylation sites is 1. The fraction of sp³-hybridized carbons (Fsp3) is 0.120. The number of aliphatic hydroxyl groups excluding tert-OH is 1. The lowest BCUT2D eigenvalue weighted by molar-refractivity contribution is -0.147. The van der Waals surface area contributed by atoms with Crippen LogP contribution in [0.2, 0.25) is 10.0 Å². The average molecular weight is 483 g/mol. The molecule has 0 fully saturated rings. The Hall–Kier alpha value is -3.32. The van der Waals surface area contributed by atoms with E-state index in [1.54, 1.807) is 36.4 Å². The number of halogens is 2. The molecule has 0 aliphatic rings. The SMILES string of the molecule is O=C(O)[C@H](O)C(Nc1cccc(OCc2ccc3ccccc3n2)c1)c1ccc(Cl)cc1Cl. The number of pyridine rings is 1. The summed E-state index contributed by atoms with van der Waals surface area (Å²) in [7, 11) is 0. The summed E-state index contributed by atoms with van der Waals surface area (Å²) in [5.74, 6) is -0.825. The van der Waals surface area contributed by atoms with Crippen molar-refractivity contribution in [2.45, 2.75) is 18.8 Å². The topological polar surface area (TPSA) is 91.7 Å². The molecule has 33 heavy (non-hydrogen) atoms. The number of carboxylic acids is 1. The molecule has 3 aromatic carbocycles. The van der Waals surface area contributed by atoms with Crippen LogP contribution < -0.4 is 10.1 Å². The summed E-state index contributed by atoms with van der Waals surface area (Å²) >= 11 is 12.2. The maximum Gasteiger partial charge on any atom is 0.335 e. The number of ether oxygens (including phenoxy) is 1. The highest BCUT2D eigenvalue weighted by molar-refractivity contribution is 6.35. The number of aliphatic carboxylic acids is 1. The number of carbonyl (C=O) groups is 1. The fourth-order valence-corrected chi connectivity index (χ4v) is 3.95. The van der Waals surface area contributed by atoms with Crippen molar-refractivity contribution in [3.05, 3.63) is 100 Å². The average Bonchev–Trinajstić information content (AvgIpc) is 2.81. The van der Waals surface area contributed by atoms with Crippen molar-refractivity contribution >= 4 is 45.8 Å². The van der Waals surface area contributed by atoms with Gasteiger partial charge in [0.1, 0.15) is 12.4 Å². The van der Waals surface area contributed by atoms with E-state index in [0.29, 0.717) is 22.0 Å². The van der Waals surface area contributed by atoms with E-state index in [0.717, 1.165) is 16.6 Å². The minimum Gasteiger partial charge on any atom is -0.487 e. The molecule has 1 heterocycles. The number of hydrogen-bond donors (Lipinski definition) is 3. The second-order valence-corrected chi connectivity index (χ2v) is 8.23. The summed E-state index contributed by atoms with van der Waals surface area (Å²) in [4.78, 5) is 16.1. The van der Waals surface area contributed by atoms with Gasteiger partial charge in [-0.1, -0.05) is 59.6 Å². The number of anilines is 1. The molecule has 0 spiro atoms. The van der Waals surface area contributed by atoms with Crippen molar-refractivity contribution in [1.29, 1.82) is 0 Å². The van der Waals surface area contributed by atoms with E-state index in [1.807, 2.05) is 36.4 Å². The predicted molar refractivity (Wildman–Crippen MR) is 129 cm³/mol. The normalized spacial score (nSPS) is 12.8. The highest BCUT2D eigenvalue weighted by Gasteiger charge is 2.29. The quantitative estimate of drug-likeness (QED) is 0.297. The van der Waals surface area contributed by atoms with Crippen LogP contribution in [0.5, 0.6) is 5.75 Å². The van der Waals surface area contributed by atoms with Crippen molar-refractivity contribution < 1.29 is 19.7 Å². The third-order valence-corrected chi connectivity index (χ3v) is 5.63. The Kier molecular flexibility index (Phi) is 6.99. The molecule has 0 saturated carbocycles. The van der Waals surface area contributed by atoms with E-state index < -0.39 is 18.1 Å². The maximum atomic E-state index is 11.5. The van der Waals surface area contributed by atoms with Crippen LogP contribution in [0.4, 0.5) is 5.69 Å². The summed E-state index contributed by atoms with van der Waals surface area (Å²) in [6.45, 7) is 0.262. The van der Waals surface area contributed by atoms with Crippen LogP contribution in [0.15, 0.2) is 78.9 Å². The molecule has 168 valence electrons. The molecule has 0 bridgehead atoms. The van der Waals surface area contributed by atoms with Gasteiger partial charge in [-0.15, -0.1) is 0 Å². The number of nitrogens with zero attached hydrogens (tertiary/aromatic N) is 1. The van der Waals surface area contributed by atoms with E-state index in [2.05, 4.69) is 10.3 Å². The van der Waals surface area contributed by atoms with E-state index in [9.17, 15) is 15.0 Å². The minimum absolute atomic E-state index is 0.245. The lowest BCUT2D eigenvalue weighted by Gasteiger charge is -2.24. The molecule has 0 saturated heterocycles. The Morgan fingerprint density at radius 1 is 1.00 bits per heavy atom. The summed E-state index contributed by atoms with van der Waals surface area (Å²) < 4.78 is 5.89. The number of benzene rings is 3. The molecule has 6 nitrogen and oxygen atoms in total. The Balaban J connectivity index is 1.52. The molecule has 1 unspecified atom stereocenters. The van der Waals surface area contributed by atoms with E-state index in [4.69, 9.17) is 27.9 Å². The van der Waals surface area contributed by atoms with Gasteiger partial charge < -0.3 is 20.3 Å². The molecular weight excluding hydrogens is 463 g/mol. The smallest absolute Gasteiger partial charge is 0.335 e. The summed E-state index contributed by atoms with van der Waals surface area (Å²) in [5, 5.41) is 24.4. The maximum absolute atomic E-state index is 11.5. The van der Waals surface area contributed by atoms with Gasteiger partial charge in [-0.25, -0.2) is 9.78 Å². The zero-order chi connectivity index (χ0) is 23.4. The van der Waals surface area contributed by atoms with Crippen LogP contribution >= 0.6 is 23.2 Å². The standard InChI is InChI=1S/C25H20Cl2N2O4/c26-16-9-11-20(21(27)12-16)23(24(30)25(31)32)29-17-5-3-6-19(13-17)33-14-18-10-8-15-4-1-2-7-22(15)28-18/h1-13,23-24,29-30H,14H2,(H,31,32)/t23?,24-/m1/s1. The highest BCUT2D eigenvalue weighted by atomic mass is 35.5. The minimum atomic E-state index is -1.74. The molecule has 1 aromatic heterocycles. The number of hydrogen-bond acceptors (Lipinski definition) is 5. The van der Waals surface area contributed by atoms with Crippen molar-refractivity contribution in [3.8, 4) is 5.75 Å². The highest BCUT2D eigenvalue weighted by Crippen LogP contribution is 2.32. The van der Waals surface area contributed by atoms with Crippen LogP contribution in [0.3, 0.4) is 0 Å². The first-order valence-electron chi connectivity index (χ1n) is 10.1. The van der Waals surface area contributed by atoms with Crippen molar-refractivity contribution in [2.24, 2.45) is 0 Å². The summed E-state index contributed by atoms with van der Waals surface area (Å²) in [6.07, 6.45) is -1.74. The number of rotatable bonds is 8. The van der Waals surface area contributed by atoms with E-state index >= 15 is 0 Å². The van der Waals surface area contributed by atoms with Crippen LogP contribution in [-0.4, -0.2) is 27.3 Å². The molecule has 2 atom stereocenters. The number of nitrogens with one attached hydrogen (secondary N) is 1. The number of aliphatic hydroxyl groups is 1. The zero-order valence-electron chi connectivity index (χ0n) is 17.3. The van der Waals surface area contributed by atoms with Crippen molar-refractivity contribution in [3.63, 3.8) is 0 Å². The van der Waals surface area contributed by atoms with Gasteiger partial charge in [-0.2, -0.15) is 0 Å². The second kappa shape index (κ2) is 10.1. The molecular formula is C25H20Cl2N2O4. The number of carboxylic acid groups (broad SMARTS) is 1. The zero-order valence-corrected chi connectivity index (χ0v) is 18.8. The van der Waals surface area contributed by atoms with Gasteiger partial charge in [0.05, 0.1) is 17.3 Å². The van der Waals surface area contributed by atoms with Crippen LogP contribution in [0.1, 0.15) is 17.3 Å². The number of aromatic nitrogens is 1. The molecule has 4 aromatic rings. The summed E-state index contributed by atoms with van der Waals surface area (Å²) in [6, 6.07) is 22.4. The first kappa shape index (κ1) is 22.9. The largest absolute Gasteiger partial charge is 0.487 e. The van der Waals surface area contributed by atoms with E-state index in [1.165, 1.54) is 6.07 Å². The van der Waals surface area contributed by atoms with E-state index in [-0.39, 0.29) is 11.6 Å². The van der Waals surface area contributed by atoms with Gasteiger partial charge in [-0.3, -0.25) is 0 Å². The van der Waals surface area contributed by atoms with Crippen molar-refractivity contribution in [2.75, 3.05) is 5.32 Å². The van der Waals surface area contributed by atoms with Gasteiger partial charge >= 0.3 is 5.97 Å². The predicted octanol–water partition coefficient (Wildman–Crippen LogP) is 5.72. The molecule has 0 aliphatic carbocycles. The molecule has 0 amide bonds. The van der Waals surface area contributed by atoms with Crippen LogP contribution in [0.25, 0.3) is 10.9 Å². The molecule has 3 N–H and O–H groups in total. The van der Waals surface area contributed by atoms with Crippen LogP contribution in [-0.2, 0) is 11.4 Å². The molecule has 0 radical (unpaired) electrons. The molecule has 0 aliphatic heterocycles. The summed E-state index contributed by atoms with van der Waals surface area (Å²) in [5.41, 5.74) is 2.62. The van der Waals surface area contributed by atoms with Gasteiger partial charge in [0.25, 0.3) is 0 Å². The molecule has 8 heteroatoms. The lowest BCUT2D eigenvalue weighted by atomic mass is 10.0. The Morgan fingerprint density at radius 2 is 1.82 bits per heavy atom. The third kappa shape index (κ3) is 5.54. The van der Waals surface area contributed by atoms with Gasteiger partial charge in [-0.05, 0) is 42.0 Å². The number of fused-ring (bicyclic) bond motifs is 1. The Labute approximate surface area is 200 Å². The lowest BCUT2D eigenvalue weighted by Crippen LogP contribution is -2.32. The first-order valence-corrected chi connectivity index (χ1v) is 10.9. The second-order valence-electron chi connectivity index (χ2n) is 7.38. The monoisotopic (exact) mass is 482 g/mol. The fourth-order valence-electron chi connectivity index (χ4n) is 3.42. The Bertz CT molecular complexity index is 1300. The van der Waals surface area contributed by atoms with Crippen LogP contribution in [0, 0.1) is 0 Å². The molecule has 4 rings (SSSR count). The van der Waals surface area contributed by atoms with Gasteiger partial charge in [0.2, 0.25) is 0 Å². The van der Waals surface area contributed by atoms with Crippen molar-refractivity contribution in [1.82, 2.24) is 4.98 Å². The van der Waals surface area contributed by atoms with Gasteiger partial charge in [0, 0.05) is 27.2 Å². The first-order chi connectivity index (χ1) is 15.9. The third-order valence-electron chi connectivity index (χ3n) is 5.07. The van der Waals surface area contributed by atoms with Gasteiger partial charge in [0.15, 0.2) is 6.10 Å². The Morgan fingerprint density at radius 3 is 2.61 bits per heavy atom.